The average Bonchev–Trinajstić information content (AvgIpc) is 3.12. The molecule has 4 aromatic rings. The van der Waals surface area contributed by atoms with Gasteiger partial charge in [0.1, 0.15) is 5.82 Å². The minimum atomic E-state index is -0.0664. The van der Waals surface area contributed by atoms with Crippen LogP contribution in [0.3, 0.4) is 0 Å². The zero-order chi connectivity index (χ0) is 18.8. The van der Waals surface area contributed by atoms with Crippen LogP contribution in [0.1, 0.15) is 13.8 Å². The highest BCUT2D eigenvalue weighted by atomic mass is 16.1. The number of imidazole rings is 1. The number of nitrogens with zero attached hydrogens (tertiary/aromatic N) is 2. The molecule has 2 aromatic heterocycles. The lowest BCUT2D eigenvalue weighted by molar-refractivity contribution is -0.118. The number of pyridine rings is 1. The van der Waals surface area contributed by atoms with Crippen molar-refractivity contribution in [2.45, 2.75) is 13.8 Å². The van der Waals surface area contributed by atoms with Gasteiger partial charge < -0.3 is 10.3 Å². The van der Waals surface area contributed by atoms with E-state index in [1.54, 1.807) is 6.20 Å². The maximum absolute atomic E-state index is 11.9. The third-order valence-electron chi connectivity index (χ3n) is 4.40. The number of benzene rings is 2. The Hall–Kier alpha value is -3.47. The van der Waals surface area contributed by atoms with Gasteiger partial charge in [0.25, 0.3) is 0 Å². The summed E-state index contributed by atoms with van der Waals surface area (Å²) in [4.78, 5) is 24.5. The van der Waals surface area contributed by atoms with Gasteiger partial charge in [0.05, 0.1) is 16.7 Å². The van der Waals surface area contributed by atoms with Crippen LogP contribution in [0.15, 0.2) is 66.9 Å². The molecule has 134 valence electrons. The molecule has 0 aliphatic carbocycles. The van der Waals surface area contributed by atoms with Gasteiger partial charge in [0.15, 0.2) is 0 Å². The van der Waals surface area contributed by atoms with E-state index in [1.807, 2.05) is 74.5 Å². The topological polar surface area (TPSA) is 70.7 Å². The number of carbonyl (C=O) groups is 1. The van der Waals surface area contributed by atoms with E-state index in [1.165, 1.54) is 0 Å². The van der Waals surface area contributed by atoms with Crippen molar-refractivity contribution < 1.29 is 4.79 Å². The molecule has 2 aromatic carbocycles. The number of aromatic amines is 1. The summed E-state index contributed by atoms with van der Waals surface area (Å²) in [6, 6.07) is 19.6. The van der Waals surface area contributed by atoms with Gasteiger partial charge in [-0.15, -0.1) is 0 Å². The summed E-state index contributed by atoms with van der Waals surface area (Å²) in [5, 5.41) is 2.92. The Bertz CT molecular complexity index is 1100. The summed E-state index contributed by atoms with van der Waals surface area (Å²) in [7, 11) is 0. The molecule has 0 aliphatic heterocycles. The fourth-order valence-electron chi connectivity index (χ4n) is 2.94. The van der Waals surface area contributed by atoms with Crippen molar-refractivity contribution in [3.63, 3.8) is 0 Å². The van der Waals surface area contributed by atoms with Crippen molar-refractivity contribution in [1.29, 1.82) is 0 Å². The number of fused-ring (bicyclic) bond motifs is 1. The SMILES string of the molecule is CC(C)C(=O)Nc1ccc2nc(-c3ccccc3-c3ccccn3)[nH]c2c1. The van der Waals surface area contributed by atoms with E-state index in [2.05, 4.69) is 15.3 Å². The molecule has 0 atom stereocenters. The first-order chi connectivity index (χ1) is 13.1. The smallest absolute Gasteiger partial charge is 0.226 e. The summed E-state index contributed by atoms with van der Waals surface area (Å²) in [6.07, 6.45) is 1.79. The summed E-state index contributed by atoms with van der Waals surface area (Å²) in [5.74, 6) is 0.705. The van der Waals surface area contributed by atoms with Crippen molar-refractivity contribution in [1.82, 2.24) is 15.0 Å². The van der Waals surface area contributed by atoms with Gasteiger partial charge in [-0.3, -0.25) is 9.78 Å². The van der Waals surface area contributed by atoms with Crippen molar-refractivity contribution in [3.05, 3.63) is 66.9 Å². The van der Waals surface area contributed by atoms with Crippen LogP contribution in [0.25, 0.3) is 33.7 Å². The van der Waals surface area contributed by atoms with Gasteiger partial charge in [-0.1, -0.05) is 44.2 Å². The van der Waals surface area contributed by atoms with Crippen LogP contribution in [0.4, 0.5) is 5.69 Å². The van der Waals surface area contributed by atoms with E-state index >= 15 is 0 Å². The van der Waals surface area contributed by atoms with E-state index in [-0.39, 0.29) is 11.8 Å². The molecule has 0 radical (unpaired) electrons. The van der Waals surface area contributed by atoms with Crippen LogP contribution in [0.2, 0.25) is 0 Å². The van der Waals surface area contributed by atoms with Crippen molar-refractivity contribution >= 4 is 22.6 Å². The molecule has 27 heavy (non-hydrogen) atoms. The Morgan fingerprint density at radius 3 is 2.52 bits per heavy atom. The lowest BCUT2D eigenvalue weighted by Crippen LogP contribution is -2.17. The third-order valence-corrected chi connectivity index (χ3v) is 4.40. The van der Waals surface area contributed by atoms with E-state index < -0.39 is 0 Å². The van der Waals surface area contributed by atoms with Crippen LogP contribution in [-0.4, -0.2) is 20.9 Å². The third kappa shape index (κ3) is 3.44. The molecule has 0 saturated heterocycles. The monoisotopic (exact) mass is 356 g/mol. The van der Waals surface area contributed by atoms with Crippen LogP contribution in [-0.2, 0) is 4.79 Å². The molecule has 5 nitrogen and oxygen atoms in total. The summed E-state index contributed by atoms with van der Waals surface area (Å²) in [5.41, 5.74) is 5.39. The van der Waals surface area contributed by atoms with Gasteiger partial charge in [0, 0.05) is 28.9 Å². The zero-order valence-corrected chi connectivity index (χ0v) is 15.2. The van der Waals surface area contributed by atoms with Gasteiger partial charge >= 0.3 is 0 Å². The first-order valence-electron chi connectivity index (χ1n) is 8.93. The number of nitrogens with one attached hydrogen (secondary N) is 2. The maximum atomic E-state index is 11.9. The van der Waals surface area contributed by atoms with Gasteiger partial charge in [0.2, 0.25) is 5.91 Å². The minimum Gasteiger partial charge on any atom is -0.338 e. The first kappa shape index (κ1) is 17.0. The fraction of sp³-hybridized carbons (Fsp3) is 0.136. The predicted molar refractivity (Wildman–Crippen MR) is 108 cm³/mol. The molecule has 0 fully saturated rings. The quantitative estimate of drug-likeness (QED) is 0.547. The second-order valence-electron chi connectivity index (χ2n) is 6.72. The Morgan fingerprint density at radius 2 is 1.78 bits per heavy atom. The van der Waals surface area contributed by atoms with E-state index in [9.17, 15) is 4.79 Å². The number of hydrogen-bond acceptors (Lipinski definition) is 3. The van der Waals surface area contributed by atoms with Gasteiger partial charge in [-0.05, 0) is 30.3 Å². The number of H-pyrrole nitrogens is 1. The lowest BCUT2D eigenvalue weighted by atomic mass is 10.0. The summed E-state index contributed by atoms with van der Waals surface area (Å²) >= 11 is 0. The fourth-order valence-corrected chi connectivity index (χ4v) is 2.94. The Labute approximate surface area is 157 Å². The van der Waals surface area contributed by atoms with E-state index in [0.29, 0.717) is 0 Å². The first-order valence-corrected chi connectivity index (χ1v) is 8.93. The molecular formula is C22H20N4O. The molecule has 2 N–H and O–H groups in total. The number of hydrogen-bond donors (Lipinski definition) is 2. The molecule has 0 unspecified atom stereocenters. The molecule has 0 saturated carbocycles. The molecule has 5 heteroatoms. The highest BCUT2D eigenvalue weighted by Crippen LogP contribution is 2.30. The molecular weight excluding hydrogens is 336 g/mol. The second-order valence-corrected chi connectivity index (χ2v) is 6.72. The van der Waals surface area contributed by atoms with Gasteiger partial charge in [-0.25, -0.2) is 4.98 Å². The number of amides is 1. The number of aromatic nitrogens is 3. The molecule has 0 bridgehead atoms. The lowest BCUT2D eigenvalue weighted by Gasteiger charge is -2.07. The molecule has 2 heterocycles. The maximum Gasteiger partial charge on any atom is 0.226 e. The van der Waals surface area contributed by atoms with Crippen LogP contribution >= 0.6 is 0 Å². The highest BCUT2D eigenvalue weighted by molar-refractivity contribution is 5.94. The average molecular weight is 356 g/mol. The van der Waals surface area contributed by atoms with Crippen molar-refractivity contribution in [2.75, 3.05) is 5.32 Å². The molecule has 4 rings (SSSR count). The summed E-state index contributed by atoms with van der Waals surface area (Å²) < 4.78 is 0. The van der Waals surface area contributed by atoms with Crippen LogP contribution in [0.5, 0.6) is 0 Å². The number of rotatable bonds is 4. The van der Waals surface area contributed by atoms with Crippen molar-refractivity contribution in [2.24, 2.45) is 5.92 Å². The normalized spacial score (nSPS) is 11.1. The van der Waals surface area contributed by atoms with Crippen LogP contribution < -0.4 is 5.32 Å². The molecule has 1 amide bonds. The Kier molecular flexibility index (Phi) is 4.42. The number of carbonyl (C=O) groups excluding carboxylic acids is 1. The Balaban J connectivity index is 1.74. The zero-order valence-electron chi connectivity index (χ0n) is 15.2. The number of anilines is 1. The molecule has 0 aliphatic rings. The Morgan fingerprint density at radius 1 is 1.00 bits per heavy atom. The predicted octanol–water partition coefficient (Wildman–Crippen LogP) is 4.89. The highest BCUT2D eigenvalue weighted by Gasteiger charge is 2.13. The molecule has 0 spiro atoms. The minimum absolute atomic E-state index is 0.00501. The van der Waals surface area contributed by atoms with Gasteiger partial charge in [-0.2, -0.15) is 0 Å². The van der Waals surface area contributed by atoms with Crippen LogP contribution in [0, 0.1) is 5.92 Å². The van der Waals surface area contributed by atoms with Crippen molar-refractivity contribution in [3.8, 4) is 22.6 Å². The van der Waals surface area contributed by atoms with E-state index in [0.717, 1.165) is 39.4 Å². The second kappa shape index (κ2) is 7.03. The summed E-state index contributed by atoms with van der Waals surface area (Å²) in [6.45, 7) is 3.74. The standard InChI is InChI=1S/C22H20N4O/c1-14(2)22(27)24-15-10-11-19-20(13-15)26-21(25-19)17-8-4-3-7-16(17)18-9-5-6-12-23-18/h3-14H,1-2H3,(H,24,27)(H,25,26). The largest absolute Gasteiger partial charge is 0.338 e. The van der Waals surface area contributed by atoms with E-state index in [4.69, 9.17) is 4.98 Å².